The van der Waals surface area contributed by atoms with Crippen molar-refractivity contribution in [1.29, 1.82) is 0 Å². The number of aryl methyl sites for hydroxylation is 1. The molecule has 0 atom stereocenters. The van der Waals surface area contributed by atoms with Crippen LogP contribution in [0.15, 0.2) is 42.5 Å². The van der Waals surface area contributed by atoms with Crippen LogP contribution in [0.4, 0.5) is 17.1 Å². The number of hydrogen-bond acceptors (Lipinski definition) is 5. The minimum Gasteiger partial charge on any atom is -0.369 e. The quantitative estimate of drug-likeness (QED) is 0.617. The zero-order valence-electron chi connectivity index (χ0n) is 19.3. The monoisotopic (exact) mass is 483 g/mol. The number of rotatable bonds is 6. The van der Waals surface area contributed by atoms with Crippen molar-refractivity contribution in [2.24, 2.45) is 0 Å². The van der Waals surface area contributed by atoms with Crippen molar-refractivity contribution in [1.82, 2.24) is 10.2 Å². The van der Waals surface area contributed by atoms with Crippen molar-refractivity contribution in [3.05, 3.63) is 53.1 Å². The third-order valence-electron chi connectivity index (χ3n) is 6.32. The third kappa shape index (κ3) is 5.87. The summed E-state index contributed by atoms with van der Waals surface area (Å²) in [5.41, 5.74) is 3.38. The summed E-state index contributed by atoms with van der Waals surface area (Å²) >= 11 is 5.97. The van der Waals surface area contributed by atoms with Gasteiger partial charge < -0.3 is 20.4 Å². The number of nitrogens with zero attached hydrogens (tertiary/aromatic N) is 3. The van der Waals surface area contributed by atoms with Crippen LogP contribution in [0.2, 0.25) is 5.02 Å². The van der Waals surface area contributed by atoms with E-state index in [-0.39, 0.29) is 5.91 Å². The molecule has 2 fully saturated rings. The maximum Gasteiger partial charge on any atom is 0.313 e. The minimum absolute atomic E-state index is 0.0818. The second kappa shape index (κ2) is 10.9. The van der Waals surface area contributed by atoms with E-state index < -0.39 is 11.8 Å². The fourth-order valence-electron chi connectivity index (χ4n) is 4.36. The summed E-state index contributed by atoms with van der Waals surface area (Å²) in [5, 5.41) is 6.08. The first-order valence-corrected chi connectivity index (χ1v) is 12.0. The smallest absolute Gasteiger partial charge is 0.313 e. The number of nitrogens with one attached hydrogen (secondary N) is 2. The first kappa shape index (κ1) is 24.0. The summed E-state index contributed by atoms with van der Waals surface area (Å²) in [4.78, 5) is 43.0. The van der Waals surface area contributed by atoms with E-state index in [4.69, 9.17) is 11.6 Å². The highest BCUT2D eigenvalue weighted by molar-refractivity contribution is 6.39. The van der Waals surface area contributed by atoms with Crippen molar-refractivity contribution < 1.29 is 14.4 Å². The molecule has 2 aliphatic rings. The molecule has 0 radical (unpaired) electrons. The van der Waals surface area contributed by atoms with Crippen LogP contribution < -0.4 is 20.4 Å². The lowest BCUT2D eigenvalue weighted by atomic mass is 10.1. The topological polar surface area (TPSA) is 85.0 Å². The van der Waals surface area contributed by atoms with Gasteiger partial charge in [0.05, 0.1) is 0 Å². The van der Waals surface area contributed by atoms with Gasteiger partial charge in [-0.15, -0.1) is 0 Å². The number of carbonyl (C=O) groups is 3. The van der Waals surface area contributed by atoms with Crippen molar-refractivity contribution in [3.8, 4) is 0 Å². The zero-order chi connectivity index (χ0) is 24.1. The maximum absolute atomic E-state index is 12.4. The second-order valence-electron chi connectivity index (χ2n) is 8.67. The number of amides is 3. The summed E-state index contributed by atoms with van der Waals surface area (Å²) < 4.78 is 0. The van der Waals surface area contributed by atoms with E-state index >= 15 is 0 Å². The van der Waals surface area contributed by atoms with Crippen molar-refractivity contribution >= 4 is 46.4 Å². The minimum atomic E-state index is -0.713. The van der Waals surface area contributed by atoms with Gasteiger partial charge >= 0.3 is 11.8 Å². The predicted molar refractivity (Wildman–Crippen MR) is 135 cm³/mol. The lowest BCUT2D eigenvalue weighted by molar-refractivity contribution is -0.136. The molecule has 2 heterocycles. The summed E-state index contributed by atoms with van der Waals surface area (Å²) in [6, 6.07) is 13.2. The van der Waals surface area contributed by atoms with E-state index in [1.54, 1.807) is 17.0 Å². The van der Waals surface area contributed by atoms with Crippen LogP contribution >= 0.6 is 11.6 Å². The molecule has 4 rings (SSSR count). The molecule has 0 spiro atoms. The molecule has 0 aliphatic carbocycles. The average molecular weight is 484 g/mol. The normalized spacial score (nSPS) is 16.6. The summed E-state index contributed by atoms with van der Waals surface area (Å²) in [6.45, 7) is 7.22. The fraction of sp³-hybridized carbons (Fsp3) is 0.400. The number of benzene rings is 2. The largest absolute Gasteiger partial charge is 0.369 e. The summed E-state index contributed by atoms with van der Waals surface area (Å²) in [5.74, 6) is -1.30. The number of carbonyl (C=O) groups excluding carboxylic acids is 3. The van der Waals surface area contributed by atoms with E-state index in [1.807, 2.05) is 37.3 Å². The molecule has 180 valence electrons. The van der Waals surface area contributed by atoms with Crippen molar-refractivity contribution in [2.75, 3.05) is 60.9 Å². The van der Waals surface area contributed by atoms with E-state index in [0.717, 1.165) is 54.6 Å². The molecular formula is C25H30ClN5O3. The van der Waals surface area contributed by atoms with Gasteiger partial charge in [0.15, 0.2) is 0 Å². The van der Waals surface area contributed by atoms with Crippen LogP contribution in [0.1, 0.15) is 18.4 Å². The Bertz CT molecular complexity index is 1050. The molecule has 2 aromatic rings. The van der Waals surface area contributed by atoms with Crippen LogP contribution in [-0.2, 0) is 14.4 Å². The number of halogens is 1. The Balaban J connectivity index is 1.21. The van der Waals surface area contributed by atoms with Gasteiger partial charge in [-0.25, -0.2) is 0 Å². The lowest BCUT2D eigenvalue weighted by Crippen LogP contribution is -2.49. The van der Waals surface area contributed by atoms with Gasteiger partial charge in [-0.1, -0.05) is 17.7 Å². The molecule has 8 nitrogen and oxygen atoms in total. The van der Waals surface area contributed by atoms with Crippen LogP contribution in [-0.4, -0.2) is 68.4 Å². The van der Waals surface area contributed by atoms with Gasteiger partial charge in [-0.2, -0.15) is 0 Å². The summed E-state index contributed by atoms with van der Waals surface area (Å²) in [6.07, 6.45) is 1.36. The predicted octanol–water partition coefficient (Wildman–Crippen LogP) is 2.65. The Morgan fingerprint density at radius 2 is 1.71 bits per heavy atom. The molecule has 2 saturated heterocycles. The molecule has 2 aliphatic heterocycles. The van der Waals surface area contributed by atoms with E-state index in [9.17, 15) is 14.4 Å². The molecule has 0 unspecified atom stereocenters. The van der Waals surface area contributed by atoms with Gasteiger partial charge in [0, 0.05) is 74.3 Å². The number of piperazine rings is 1. The number of hydrogen-bond donors (Lipinski definition) is 2. The van der Waals surface area contributed by atoms with E-state index in [1.165, 1.54) is 0 Å². The third-order valence-corrected chi connectivity index (χ3v) is 6.57. The van der Waals surface area contributed by atoms with Gasteiger partial charge in [-0.3, -0.25) is 19.3 Å². The van der Waals surface area contributed by atoms with Crippen LogP contribution in [0, 0.1) is 6.92 Å². The van der Waals surface area contributed by atoms with Crippen LogP contribution in [0.25, 0.3) is 0 Å². The van der Waals surface area contributed by atoms with Crippen LogP contribution in [0.3, 0.4) is 0 Å². The summed E-state index contributed by atoms with van der Waals surface area (Å²) in [7, 11) is 0. The Hall–Kier alpha value is -3.10. The van der Waals surface area contributed by atoms with Gasteiger partial charge in [0.1, 0.15) is 0 Å². The van der Waals surface area contributed by atoms with Crippen LogP contribution in [0.5, 0.6) is 0 Å². The molecule has 34 heavy (non-hydrogen) atoms. The highest BCUT2D eigenvalue weighted by Gasteiger charge is 2.24. The molecule has 0 saturated carbocycles. The zero-order valence-corrected chi connectivity index (χ0v) is 20.1. The highest BCUT2D eigenvalue weighted by atomic mass is 35.5. The molecule has 2 aromatic carbocycles. The molecular weight excluding hydrogens is 454 g/mol. The van der Waals surface area contributed by atoms with Crippen molar-refractivity contribution in [2.45, 2.75) is 19.8 Å². The van der Waals surface area contributed by atoms with Crippen molar-refractivity contribution in [3.63, 3.8) is 0 Å². The Kier molecular flexibility index (Phi) is 7.70. The first-order valence-electron chi connectivity index (χ1n) is 11.6. The van der Waals surface area contributed by atoms with E-state index in [2.05, 4.69) is 20.4 Å². The molecule has 0 bridgehead atoms. The fourth-order valence-corrected chi connectivity index (χ4v) is 4.48. The standard InChI is InChI=1S/C25H30ClN5O3/c1-18-4-7-20(17-22(18)31-11-2-3-23(31)32)28-25(34)24(33)27-10-12-29-13-15-30(16-14-29)21-8-5-19(26)6-9-21/h4-9,17H,2-3,10-16H2,1H3,(H,27,33)(H,28,34). The Morgan fingerprint density at radius 1 is 0.971 bits per heavy atom. The SMILES string of the molecule is Cc1ccc(NC(=O)C(=O)NCCN2CCN(c3ccc(Cl)cc3)CC2)cc1N1CCCC1=O. The van der Waals surface area contributed by atoms with Gasteiger partial charge in [-0.05, 0) is 55.3 Å². The molecule has 2 N–H and O–H groups in total. The van der Waals surface area contributed by atoms with Gasteiger partial charge in [0.25, 0.3) is 0 Å². The molecule has 0 aromatic heterocycles. The lowest BCUT2D eigenvalue weighted by Gasteiger charge is -2.36. The molecule has 9 heteroatoms. The van der Waals surface area contributed by atoms with E-state index in [0.29, 0.717) is 31.7 Å². The van der Waals surface area contributed by atoms with Gasteiger partial charge in [0.2, 0.25) is 5.91 Å². The highest BCUT2D eigenvalue weighted by Crippen LogP contribution is 2.28. The maximum atomic E-state index is 12.4. The Labute approximate surface area is 204 Å². The molecule has 3 amide bonds. The Morgan fingerprint density at radius 3 is 2.38 bits per heavy atom. The first-order chi connectivity index (χ1) is 16.4. The number of anilines is 3. The average Bonchev–Trinajstić information content (AvgIpc) is 3.26. The second-order valence-corrected chi connectivity index (χ2v) is 9.10.